The Labute approximate surface area is 61.1 Å². The minimum atomic E-state index is -2.72. The van der Waals surface area contributed by atoms with Crippen LogP contribution in [0.4, 0.5) is 8.78 Å². The van der Waals surface area contributed by atoms with Gasteiger partial charge in [0.05, 0.1) is 0 Å². The second-order valence-corrected chi connectivity index (χ2v) is 2.07. The molecule has 1 aromatic rings. The van der Waals surface area contributed by atoms with Crippen LogP contribution in [0, 0.1) is 6.92 Å². The van der Waals surface area contributed by atoms with Crippen LogP contribution in [0.1, 0.15) is 17.9 Å². The number of rotatable bonds is 1. The summed E-state index contributed by atoms with van der Waals surface area (Å²) in [6.45, 7) is 1.49. The van der Waals surface area contributed by atoms with Gasteiger partial charge in [-0.25, -0.2) is 13.8 Å². The van der Waals surface area contributed by atoms with E-state index in [1.165, 1.54) is 6.92 Å². The van der Waals surface area contributed by atoms with Crippen molar-refractivity contribution in [2.24, 2.45) is 0 Å². The quantitative estimate of drug-likeness (QED) is 0.666. The number of alkyl halides is 2. The molecule has 0 amide bonds. The lowest BCUT2D eigenvalue weighted by Crippen LogP contribution is -2.11. The number of aromatic amines is 1. The van der Waals surface area contributed by atoms with Crippen LogP contribution >= 0.6 is 0 Å². The first-order chi connectivity index (χ1) is 5.09. The highest BCUT2D eigenvalue weighted by Crippen LogP contribution is 2.11. The second kappa shape index (κ2) is 2.77. The number of hydrogen-bond acceptors (Lipinski definition) is 2. The average Bonchev–Trinajstić information content (AvgIpc) is 1.85. The van der Waals surface area contributed by atoms with Gasteiger partial charge in [0.1, 0.15) is 0 Å². The lowest BCUT2D eigenvalue weighted by atomic mass is 10.4. The Bertz CT molecular complexity index is 308. The molecule has 0 aliphatic carbocycles. The molecule has 11 heavy (non-hydrogen) atoms. The van der Waals surface area contributed by atoms with Crippen molar-refractivity contribution in [2.45, 2.75) is 13.3 Å². The highest BCUT2D eigenvalue weighted by molar-refractivity contribution is 5.00. The molecule has 0 fully saturated rings. The van der Waals surface area contributed by atoms with Crippen LogP contribution in [0.5, 0.6) is 0 Å². The van der Waals surface area contributed by atoms with Gasteiger partial charge in [-0.05, 0) is 6.92 Å². The lowest BCUT2D eigenvalue weighted by Gasteiger charge is -1.97. The van der Waals surface area contributed by atoms with Gasteiger partial charge >= 0.3 is 0 Å². The standard InChI is InChI=1S/C6H6F2N2O/c1-3-2-4(11)10-6(9-3)5(7)8/h2,5H,1H3,(H,9,10,11). The first-order valence-electron chi connectivity index (χ1n) is 2.95. The van der Waals surface area contributed by atoms with Crippen LogP contribution in [-0.2, 0) is 0 Å². The van der Waals surface area contributed by atoms with Crippen molar-refractivity contribution in [1.82, 2.24) is 9.97 Å². The highest BCUT2D eigenvalue weighted by atomic mass is 19.3. The summed E-state index contributed by atoms with van der Waals surface area (Å²) >= 11 is 0. The molecule has 0 radical (unpaired) electrons. The first-order valence-corrected chi connectivity index (χ1v) is 2.95. The summed E-state index contributed by atoms with van der Waals surface area (Å²) in [5, 5.41) is 0. The van der Waals surface area contributed by atoms with Crippen molar-refractivity contribution in [1.29, 1.82) is 0 Å². The molecule has 3 nitrogen and oxygen atoms in total. The summed E-state index contributed by atoms with van der Waals surface area (Å²) in [7, 11) is 0. The Morgan fingerprint density at radius 1 is 1.64 bits per heavy atom. The second-order valence-electron chi connectivity index (χ2n) is 2.07. The van der Waals surface area contributed by atoms with Crippen molar-refractivity contribution in [3.63, 3.8) is 0 Å². The van der Waals surface area contributed by atoms with E-state index in [4.69, 9.17) is 0 Å². The molecule has 0 atom stereocenters. The van der Waals surface area contributed by atoms with Crippen LogP contribution in [0.15, 0.2) is 10.9 Å². The van der Waals surface area contributed by atoms with E-state index >= 15 is 0 Å². The molecule has 5 heteroatoms. The number of halogens is 2. The maximum absolute atomic E-state index is 11.9. The summed E-state index contributed by atoms with van der Waals surface area (Å²) < 4.78 is 23.8. The van der Waals surface area contributed by atoms with E-state index in [0.717, 1.165) is 6.07 Å². The van der Waals surface area contributed by atoms with E-state index in [-0.39, 0.29) is 0 Å². The minimum Gasteiger partial charge on any atom is -0.306 e. The summed E-state index contributed by atoms with van der Waals surface area (Å²) in [6.07, 6.45) is -2.72. The molecule has 0 aromatic carbocycles. The van der Waals surface area contributed by atoms with Crippen molar-refractivity contribution < 1.29 is 8.78 Å². The number of nitrogens with one attached hydrogen (secondary N) is 1. The fourth-order valence-corrected chi connectivity index (χ4v) is 0.706. The van der Waals surface area contributed by atoms with Gasteiger partial charge in [-0.15, -0.1) is 0 Å². The van der Waals surface area contributed by atoms with Crippen molar-refractivity contribution in [3.8, 4) is 0 Å². The van der Waals surface area contributed by atoms with Gasteiger partial charge in [0.25, 0.3) is 12.0 Å². The minimum absolute atomic E-state index is 0.295. The normalized spacial score (nSPS) is 10.5. The van der Waals surface area contributed by atoms with Crippen molar-refractivity contribution in [2.75, 3.05) is 0 Å². The van der Waals surface area contributed by atoms with E-state index in [1.54, 1.807) is 0 Å². The van der Waals surface area contributed by atoms with Gasteiger partial charge in [0.2, 0.25) is 0 Å². The molecule has 0 bridgehead atoms. The predicted octanol–water partition coefficient (Wildman–Crippen LogP) is 1.02. The molecule has 1 N–H and O–H groups in total. The molecule has 0 saturated carbocycles. The maximum atomic E-state index is 11.9. The van der Waals surface area contributed by atoms with Crippen LogP contribution in [0.25, 0.3) is 0 Å². The Morgan fingerprint density at radius 3 is 2.73 bits per heavy atom. The molecular formula is C6H6F2N2O. The summed E-state index contributed by atoms with van der Waals surface area (Å²) in [6, 6.07) is 1.16. The molecule has 0 aliphatic rings. The Kier molecular flexibility index (Phi) is 1.98. The average molecular weight is 160 g/mol. The van der Waals surface area contributed by atoms with Crippen LogP contribution in [0.2, 0.25) is 0 Å². The largest absolute Gasteiger partial charge is 0.306 e. The highest BCUT2D eigenvalue weighted by Gasteiger charge is 2.09. The third-order valence-electron chi connectivity index (χ3n) is 1.09. The molecule has 0 saturated heterocycles. The molecule has 1 aromatic heterocycles. The maximum Gasteiger partial charge on any atom is 0.295 e. The van der Waals surface area contributed by atoms with Gasteiger partial charge in [0.15, 0.2) is 5.82 Å². The zero-order chi connectivity index (χ0) is 8.43. The number of aromatic nitrogens is 2. The summed E-state index contributed by atoms with van der Waals surface area (Å²) in [5.74, 6) is -0.574. The van der Waals surface area contributed by atoms with Crippen LogP contribution in [-0.4, -0.2) is 9.97 Å². The van der Waals surface area contributed by atoms with Crippen molar-refractivity contribution in [3.05, 3.63) is 27.9 Å². The monoisotopic (exact) mass is 160 g/mol. The van der Waals surface area contributed by atoms with Gasteiger partial charge in [-0.3, -0.25) is 4.79 Å². The molecule has 0 spiro atoms. The number of H-pyrrole nitrogens is 1. The fourth-order valence-electron chi connectivity index (χ4n) is 0.706. The van der Waals surface area contributed by atoms with Crippen molar-refractivity contribution >= 4 is 0 Å². The van der Waals surface area contributed by atoms with Gasteiger partial charge in [-0.1, -0.05) is 0 Å². The Morgan fingerprint density at radius 2 is 2.27 bits per heavy atom. The fraction of sp³-hybridized carbons (Fsp3) is 0.333. The van der Waals surface area contributed by atoms with E-state index in [1.807, 2.05) is 4.98 Å². The molecule has 60 valence electrons. The topological polar surface area (TPSA) is 45.8 Å². The molecule has 0 aliphatic heterocycles. The van der Waals surface area contributed by atoms with Crippen LogP contribution < -0.4 is 5.56 Å². The predicted molar refractivity (Wildman–Crippen MR) is 34.6 cm³/mol. The van der Waals surface area contributed by atoms with Crippen LogP contribution in [0.3, 0.4) is 0 Å². The van der Waals surface area contributed by atoms with E-state index in [2.05, 4.69) is 4.98 Å². The zero-order valence-electron chi connectivity index (χ0n) is 5.77. The van der Waals surface area contributed by atoms with Gasteiger partial charge in [-0.2, -0.15) is 0 Å². The summed E-state index contributed by atoms with van der Waals surface area (Å²) in [4.78, 5) is 15.9. The van der Waals surface area contributed by atoms with E-state index in [9.17, 15) is 13.6 Å². The zero-order valence-corrected chi connectivity index (χ0v) is 5.77. The number of nitrogens with zero attached hydrogens (tertiary/aromatic N) is 1. The molecule has 1 rings (SSSR count). The lowest BCUT2D eigenvalue weighted by molar-refractivity contribution is 0.139. The van der Waals surface area contributed by atoms with E-state index in [0.29, 0.717) is 5.69 Å². The molecule has 0 unspecified atom stereocenters. The summed E-state index contributed by atoms with van der Waals surface area (Å²) in [5.41, 5.74) is -0.253. The third kappa shape index (κ3) is 1.83. The smallest absolute Gasteiger partial charge is 0.295 e. The SMILES string of the molecule is Cc1cc(=O)[nH]c(C(F)F)n1. The molecular weight excluding hydrogens is 154 g/mol. The Hall–Kier alpha value is -1.26. The number of hydrogen-bond donors (Lipinski definition) is 1. The first kappa shape index (κ1) is 7.84. The third-order valence-corrected chi connectivity index (χ3v) is 1.09. The molecule has 1 heterocycles. The van der Waals surface area contributed by atoms with Gasteiger partial charge < -0.3 is 4.98 Å². The van der Waals surface area contributed by atoms with Gasteiger partial charge in [0, 0.05) is 11.8 Å². The number of aryl methyl sites for hydroxylation is 1. The Balaban J connectivity index is 3.19. The van der Waals surface area contributed by atoms with E-state index < -0.39 is 17.8 Å².